The van der Waals surface area contributed by atoms with E-state index in [2.05, 4.69) is 26.1 Å². The van der Waals surface area contributed by atoms with Crippen LogP contribution in [0.4, 0.5) is 5.69 Å². The maximum absolute atomic E-state index is 12.9. The van der Waals surface area contributed by atoms with Gasteiger partial charge >= 0.3 is 0 Å². The second kappa shape index (κ2) is 9.01. The molecule has 0 spiro atoms. The second-order valence-corrected chi connectivity index (χ2v) is 11.4. The van der Waals surface area contributed by atoms with Gasteiger partial charge in [0.2, 0.25) is 0 Å². The van der Waals surface area contributed by atoms with Crippen LogP contribution in [0.25, 0.3) is 0 Å². The number of carbonyl (C=O) groups excluding carboxylic acids is 1. The average Bonchev–Trinajstić information content (AvgIpc) is 2.64. The van der Waals surface area contributed by atoms with Crippen molar-refractivity contribution < 1.29 is 13.2 Å². The van der Waals surface area contributed by atoms with E-state index in [1.807, 2.05) is 6.92 Å². The second-order valence-electron chi connectivity index (χ2n) is 7.50. The van der Waals surface area contributed by atoms with Gasteiger partial charge in [-0.25, -0.2) is 8.42 Å². The van der Waals surface area contributed by atoms with E-state index in [0.29, 0.717) is 17.8 Å². The predicted octanol–water partition coefficient (Wildman–Crippen LogP) is 4.08. The van der Waals surface area contributed by atoms with Gasteiger partial charge in [0.1, 0.15) is 0 Å². The lowest BCUT2D eigenvalue weighted by molar-refractivity contribution is 0.0956. The number of thioether (sulfide) groups is 1. The van der Waals surface area contributed by atoms with Gasteiger partial charge in [0, 0.05) is 29.7 Å². The highest BCUT2D eigenvalue weighted by atomic mass is 32.2. The van der Waals surface area contributed by atoms with Gasteiger partial charge in [-0.15, -0.1) is 0 Å². The summed E-state index contributed by atoms with van der Waals surface area (Å²) >= 11 is 1.78. The van der Waals surface area contributed by atoms with Crippen LogP contribution in [0.15, 0.2) is 53.4 Å². The Kier molecular flexibility index (Phi) is 7.17. The molecule has 0 radical (unpaired) electrons. The third-order valence-electron chi connectivity index (χ3n) is 4.13. The lowest BCUT2D eigenvalue weighted by atomic mass is 10.1. The maximum atomic E-state index is 12.9. The zero-order chi connectivity index (χ0) is 20.9. The molecule has 2 aromatic carbocycles. The van der Waals surface area contributed by atoms with Gasteiger partial charge in [-0.05, 0) is 36.8 Å². The monoisotopic (exact) mass is 420 g/mol. The minimum Gasteiger partial charge on any atom is -0.351 e. The minimum absolute atomic E-state index is 0.149. The summed E-state index contributed by atoms with van der Waals surface area (Å²) in [5.41, 5.74) is 1.71. The Morgan fingerprint density at radius 1 is 1.11 bits per heavy atom. The van der Waals surface area contributed by atoms with E-state index in [4.69, 9.17) is 0 Å². The Bertz CT molecular complexity index is 920. The van der Waals surface area contributed by atoms with Crippen LogP contribution in [-0.2, 0) is 10.0 Å². The van der Waals surface area contributed by atoms with E-state index in [1.165, 1.54) is 11.4 Å². The van der Waals surface area contributed by atoms with Crippen LogP contribution < -0.4 is 9.62 Å². The first-order valence-corrected chi connectivity index (χ1v) is 11.5. The van der Waals surface area contributed by atoms with E-state index in [9.17, 15) is 13.2 Å². The molecule has 152 valence electrons. The Balaban J connectivity index is 2.17. The minimum atomic E-state index is -3.70. The zero-order valence-electron chi connectivity index (χ0n) is 17.0. The SMILES string of the molecule is Cc1ccc(C(=O)NCCSC(C)(C)C)cc1N(C)S(=O)(=O)c1ccccc1. The molecule has 0 bridgehead atoms. The zero-order valence-corrected chi connectivity index (χ0v) is 18.7. The molecule has 0 atom stereocenters. The van der Waals surface area contributed by atoms with Crippen molar-refractivity contribution in [3.05, 3.63) is 59.7 Å². The summed E-state index contributed by atoms with van der Waals surface area (Å²) in [6.45, 7) is 8.79. The van der Waals surface area contributed by atoms with Crippen LogP contribution in [0.5, 0.6) is 0 Å². The van der Waals surface area contributed by atoms with Gasteiger partial charge in [-0.2, -0.15) is 11.8 Å². The number of sulfonamides is 1. The number of amides is 1. The summed E-state index contributed by atoms with van der Waals surface area (Å²) in [7, 11) is -2.19. The number of hydrogen-bond donors (Lipinski definition) is 1. The van der Waals surface area contributed by atoms with Gasteiger partial charge in [0.25, 0.3) is 15.9 Å². The van der Waals surface area contributed by atoms with E-state index in [1.54, 1.807) is 60.3 Å². The Morgan fingerprint density at radius 2 is 1.75 bits per heavy atom. The molecule has 28 heavy (non-hydrogen) atoms. The number of rotatable bonds is 7. The number of nitrogens with one attached hydrogen (secondary N) is 1. The van der Waals surface area contributed by atoms with Crippen LogP contribution in [-0.4, -0.2) is 38.4 Å². The fraction of sp³-hybridized carbons (Fsp3) is 0.381. The summed E-state index contributed by atoms with van der Waals surface area (Å²) in [5.74, 6) is 0.609. The van der Waals surface area contributed by atoms with E-state index >= 15 is 0 Å². The van der Waals surface area contributed by atoms with E-state index in [-0.39, 0.29) is 15.5 Å². The first kappa shape index (κ1) is 22.3. The first-order valence-electron chi connectivity index (χ1n) is 9.09. The molecular weight excluding hydrogens is 392 g/mol. The third kappa shape index (κ3) is 5.75. The molecule has 0 aromatic heterocycles. The predicted molar refractivity (Wildman–Crippen MR) is 118 cm³/mol. The molecule has 1 amide bonds. The Labute approximate surface area is 172 Å². The topological polar surface area (TPSA) is 66.5 Å². The first-order chi connectivity index (χ1) is 13.0. The summed E-state index contributed by atoms with van der Waals surface area (Å²) in [5, 5.41) is 2.90. The molecule has 0 heterocycles. The number of hydrogen-bond acceptors (Lipinski definition) is 4. The van der Waals surface area contributed by atoms with Crippen molar-refractivity contribution in [1.82, 2.24) is 5.32 Å². The quantitative estimate of drug-likeness (QED) is 0.686. The van der Waals surface area contributed by atoms with E-state index < -0.39 is 10.0 Å². The summed E-state index contributed by atoms with van der Waals surface area (Å²) in [4.78, 5) is 12.7. The molecule has 0 fully saturated rings. The molecule has 0 aliphatic rings. The number of nitrogens with zero attached hydrogens (tertiary/aromatic N) is 1. The third-order valence-corrected chi connectivity index (χ3v) is 7.19. The molecular formula is C21H28N2O3S2. The number of benzene rings is 2. The van der Waals surface area contributed by atoms with Gasteiger partial charge in [-0.3, -0.25) is 9.10 Å². The number of carbonyl (C=O) groups is 1. The smallest absolute Gasteiger partial charge is 0.264 e. The highest BCUT2D eigenvalue weighted by Gasteiger charge is 2.23. The van der Waals surface area contributed by atoms with Crippen molar-refractivity contribution in [1.29, 1.82) is 0 Å². The van der Waals surface area contributed by atoms with Crippen LogP contribution in [0.1, 0.15) is 36.7 Å². The standard InChI is InChI=1S/C21H28N2O3S2/c1-16-11-12-17(20(24)22-13-14-27-21(2,3)4)15-19(16)23(5)28(25,26)18-9-7-6-8-10-18/h6-12,15H,13-14H2,1-5H3,(H,22,24). The fourth-order valence-electron chi connectivity index (χ4n) is 2.59. The van der Waals surface area contributed by atoms with Crippen LogP contribution in [0, 0.1) is 6.92 Å². The van der Waals surface area contributed by atoms with Gasteiger partial charge in [0.15, 0.2) is 0 Å². The van der Waals surface area contributed by atoms with Crippen LogP contribution >= 0.6 is 11.8 Å². The summed E-state index contributed by atoms with van der Waals surface area (Å²) in [6.07, 6.45) is 0. The van der Waals surface area contributed by atoms with Crippen molar-refractivity contribution in [2.24, 2.45) is 0 Å². The maximum Gasteiger partial charge on any atom is 0.264 e. The highest BCUT2D eigenvalue weighted by Crippen LogP contribution is 2.26. The average molecular weight is 421 g/mol. The highest BCUT2D eigenvalue weighted by molar-refractivity contribution is 8.00. The molecule has 0 saturated carbocycles. The fourth-order valence-corrected chi connectivity index (χ4v) is 4.68. The van der Waals surface area contributed by atoms with Crippen molar-refractivity contribution in [2.45, 2.75) is 37.3 Å². The van der Waals surface area contributed by atoms with Gasteiger partial charge < -0.3 is 5.32 Å². The van der Waals surface area contributed by atoms with Gasteiger partial charge in [-0.1, -0.05) is 45.0 Å². The van der Waals surface area contributed by atoms with Crippen molar-refractivity contribution in [3.63, 3.8) is 0 Å². The van der Waals surface area contributed by atoms with Crippen molar-refractivity contribution in [3.8, 4) is 0 Å². The van der Waals surface area contributed by atoms with Crippen LogP contribution in [0.2, 0.25) is 0 Å². The Hall–Kier alpha value is -1.99. The number of anilines is 1. The molecule has 0 aliphatic heterocycles. The molecule has 0 aliphatic carbocycles. The number of aryl methyl sites for hydroxylation is 1. The summed E-state index contributed by atoms with van der Waals surface area (Å²) in [6, 6.07) is 13.4. The van der Waals surface area contributed by atoms with Crippen molar-refractivity contribution in [2.75, 3.05) is 23.7 Å². The molecule has 1 N–H and O–H groups in total. The molecule has 0 saturated heterocycles. The molecule has 2 aromatic rings. The summed E-state index contributed by atoms with van der Waals surface area (Å²) < 4.78 is 27.2. The molecule has 2 rings (SSSR count). The van der Waals surface area contributed by atoms with Crippen molar-refractivity contribution >= 4 is 33.4 Å². The molecule has 5 nitrogen and oxygen atoms in total. The Morgan fingerprint density at radius 3 is 2.36 bits per heavy atom. The van der Waals surface area contributed by atoms with E-state index in [0.717, 1.165) is 11.3 Å². The lowest BCUT2D eigenvalue weighted by Crippen LogP contribution is -2.29. The lowest BCUT2D eigenvalue weighted by Gasteiger charge is -2.22. The normalized spacial score (nSPS) is 11.9. The molecule has 0 unspecified atom stereocenters. The molecule has 7 heteroatoms. The van der Waals surface area contributed by atoms with Gasteiger partial charge in [0.05, 0.1) is 10.6 Å². The van der Waals surface area contributed by atoms with Crippen LogP contribution in [0.3, 0.4) is 0 Å². The largest absolute Gasteiger partial charge is 0.351 e.